The summed E-state index contributed by atoms with van der Waals surface area (Å²) < 4.78 is 27.8. The van der Waals surface area contributed by atoms with Crippen molar-refractivity contribution in [1.82, 2.24) is 4.31 Å². The summed E-state index contributed by atoms with van der Waals surface area (Å²) in [7, 11) is -3.38. The van der Waals surface area contributed by atoms with E-state index in [1.807, 2.05) is 19.1 Å². The molecular formula is C14H21BrN2O2S. The number of sulfonamides is 1. The summed E-state index contributed by atoms with van der Waals surface area (Å²) in [5.74, 6) is 0.565. The second-order valence-electron chi connectivity index (χ2n) is 5.33. The molecule has 4 nitrogen and oxygen atoms in total. The van der Waals surface area contributed by atoms with E-state index in [1.54, 1.807) is 10.4 Å². The van der Waals surface area contributed by atoms with E-state index in [0.717, 1.165) is 29.3 Å². The quantitative estimate of drug-likeness (QED) is 0.896. The summed E-state index contributed by atoms with van der Waals surface area (Å²) in [5.41, 5.74) is 6.36. The van der Waals surface area contributed by atoms with Gasteiger partial charge in [-0.15, -0.1) is 0 Å². The predicted molar refractivity (Wildman–Crippen MR) is 84.0 cm³/mol. The van der Waals surface area contributed by atoms with Gasteiger partial charge in [-0.25, -0.2) is 8.42 Å². The Hall–Kier alpha value is -0.430. The number of aryl methyl sites for hydroxylation is 1. The SMILES string of the molecule is Cc1ccc(Br)cc1S(=O)(=O)N1CCC(CCN)CC1. The molecule has 0 bridgehead atoms. The van der Waals surface area contributed by atoms with Gasteiger partial charge < -0.3 is 5.73 Å². The number of nitrogens with zero attached hydrogens (tertiary/aromatic N) is 1. The third-order valence-electron chi connectivity index (χ3n) is 3.92. The van der Waals surface area contributed by atoms with Gasteiger partial charge in [0, 0.05) is 17.6 Å². The second-order valence-corrected chi connectivity index (χ2v) is 8.16. The molecule has 0 unspecified atom stereocenters. The molecule has 1 aromatic carbocycles. The molecule has 2 N–H and O–H groups in total. The van der Waals surface area contributed by atoms with Crippen LogP contribution in [0.1, 0.15) is 24.8 Å². The number of nitrogens with two attached hydrogens (primary N) is 1. The number of halogens is 1. The highest BCUT2D eigenvalue weighted by Gasteiger charge is 2.30. The smallest absolute Gasteiger partial charge is 0.243 e. The van der Waals surface area contributed by atoms with Crippen LogP contribution >= 0.6 is 15.9 Å². The van der Waals surface area contributed by atoms with Crippen LogP contribution < -0.4 is 5.73 Å². The fourth-order valence-corrected chi connectivity index (χ4v) is 4.90. The predicted octanol–water partition coefficient (Wildman–Crippen LogP) is 2.51. The minimum atomic E-state index is -3.38. The molecule has 0 spiro atoms. The second kappa shape index (κ2) is 6.56. The molecule has 0 radical (unpaired) electrons. The van der Waals surface area contributed by atoms with Gasteiger partial charge in [-0.2, -0.15) is 4.31 Å². The first-order chi connectivity index (χ1) is 9.45. The Morgan fingerprint density at radius 3 is 2.60 bits per heavy atom. The monoisotopic (exact) mass is 360 g/mol. The maximum Gasteiger partial charge on any atom is 0.243 e. The normalized spacial score (nSPS) is 18.4. The van der Waals surface area contributed by atoms with Crippen LogP contribution in [0.5, 0.6) is 0 Å². The lowest BCUT2D eigenvalue weighted by atomic mass is 9.95. The maximum atomic E-state index is 12.7. The van der Waals surface area contributed by atoms with E-state index < -0.39 is 10.0 Å². The number of hydrogen-bond donors (Lipinski definition) is 1. The molecule has 0 saturated carbocycles. The maximum absolute atomic E-state index is 12.7. The van der Waals surface area contributed by atoms with E-state index in [2.05, 4.69) is 15.9 Å². The summed E-state index contributed by atoms with van der Waals surface area (Å²) in [6.07, 6.45) is 2.80. The minimum absolute atomic E-state index is 0.407. The first-order valence-corrected chi connectivity index (χ1v) is 9.15. The lowest BCUT2D eigenvalue weighted by Gasteiger charge is -2.31. The zero-order chi connectivity index (χ0) is 14.8. The lowest BCUT2D eigenvalue weighted by Crippen LogP contribution is -2.39. The molecule has 0 aromatic heterocycles. The largest absolute Gasteiger partial charge is 0.330 e. The van der Waals surface area contributed by atoms with Crippen molar-refractivity contribution in [3.63, 3.8) is 0 Å². The van der Waals surface area contributed by atoms with Gasteiger partial charge in [0.05, 0.1) is 4.90 Å². The van der Waals surface area contributed by atoms with Crippen molar-refractivity contribution in [2.24, 2.45) is 11.7 Å². The third kappa shape index (κ3) is 3.42. The van der Waals surface area contributed by atoms with Crippen molar-refractivity contribution in [1.29, 1.82) is 0 Å². The molecule has 0 atom stereocenters. The van der Waals surface area contributed by atoms with E-state index in [-0.39, 0.29) is 0 Å². The molecule has 20 heavy (non-hydrogen) atoms. The number of piperidine rings is 1. The van der Waals surface area contributed by atoms with Gasteiger partial charge in [-0.05, 0) is 56.3 Å². The molecule has 112 valence electrons. The summed E-state index contributed by atoms with van der Waals surface area (Å²) in [4.78, 5) is 0.407. The molecule has 1 heterocycles. The topological polar surface area (TPSA) is 63.4 Å². The minimum Gasteiger partial charge on any atom is -0.330 e. The molecule has 0 aliphatic carbocycles. The highest BCUT2D eigenvalue weighted by atomic mass is 79.9. The Morgan fingerprint density at radius 2 is 2.00 bits per heavy atom. The van der Waals surface area contributed by atoms with Crippen molar-refractivity contribution < 1.29 is 8.42 Å². The zero-order valence-corrected chi connectivity index (χ0v) is 14.1. The average molecular weight is 361 g/mol. The summed E-state index contributed by atoms with van der Waals surface area (Å²) in [5, 5.41) is 0. The summed E-state index contributed by atoms with van der Waals surface area (Å²) in [6.45, 7) is 3.71. The molecule has 1 aliphatic heterocycles. The molecule has 1 saturated heterocycles. The van der Waals surface area contributed by atoms with Crippen LogP contribution in [-0.4, -0.2) is 32.4 Å². The van der Waals surface area contributed by atoms with E-state index in [9.17, 15) is 8.42 Å². The van der Waals surface area contributed by atoms with Crippen molar-refractivity contribution in [3.05, 3.63) is 28.2 Å². The highest BCUT2D eigenvalue weighted by molar-refractivity contribution is 9.10. The molecule has 1 aliphatic rings. The van der Waals surface area contributed by atoms with Crippen LogP contribution in [0.4, 0.5) is 0 Å². The van der Waals surface area contributed by atoms with E-state index in [1.165, 1.54) is 0 Å². The van der Waals surface area contributed by atoms with Gasteiger partial charge in [-0.3, -0.25) is 0 Å². The number of benzene rings is 1. The molecule has 6 heteroatoms. The van der Waals surface area contributed by atoms with E-state index >= 15 is 0 Å². The Balaban J connectivity index is 2.18. The highest BCUT2D eigenvalue weighted by Crippen LogP contribution is 2.28. The Labute approximate surface area is 129 Å². The standard InChI is InChI=1S/C14H21BrN2O2S/c1-11-2-3-13(15)10-14(11)20(18,19)17-8-5-12(4-7-16)6-9-17/h2-3,10,12H,4-9,16H2,1H3. The van der Waals surface area contributed by atoms with Gasteiger partial charge >= 0.3 is 0 Å². The summed E-state index contributed by atoms with van der Waals surface area (Å²) >= 11 is 3.35. The van der Waals surface area contributed by atoms with E-state index in [0.29, 0.717) is 30.4 Å². The third-order valence-corrected chi connectivity index (χ3v) is 6.45. The Kier molecular flexibility index (Phi) is 5.23. The Morgan fingerprint density at radius 1 is 1.35 bits per heavy atom. The summed E-state index contributed by atoms with van der Waals surface area (Å²) in [6, 6.07) is 5.39. The van der Waals surface area contributed by atoms with Crippen LogP contribution in [0.3, 0.4) is 0 Å². The molecule has 0 amide bonds. The van der Waals surface area contributed by atoms with Crippen molar-refractivity contribution in [2.75, 3.05) is 19.6 Å². The first kappa shape index (κ1) is 15.9. The number of rotatable bonds is 4. The Bertz CT molecular complexity index is 567. The van der Waals surface area contributed by atoms with Crippen LogP contribution in [0.2, 0.25) is 0 Å². The molecule has 1 aromatic rings. The average Bonchev–Trinajstić information content (AvgIpc) is 2.42. The fraction of sp³-hybridized carbons (Fsp3) is 0.571. The van der Waals surface area contributed by atoms with Crippen molar-refractivity contribution >= 4 is 26.0 Å². The first-order valence-electron chi connectivity index (χ1n) is 6.91. The number of hydrogen-bond acceptors (Lipinski definition) is 3. The van der Waals surface area contributed by atoms with Crippen LogP contribution in [0.25, 0.3) is 0 Å². The van der Waals surface area contributed by atoms with Crippen LogP contribution in [0.15, 0.2) is 27.6 Å². The lowest BCUT2D eigenvalue weighted by molar-refractivity contribution is 0.265. The van der Waals surface area contributed by atoms with Crippen LogP contribution in [0, 0.1) is 12.8 Å². The van der Waals surface area contributed by atoms with Gasteiger partial charge in [0.1, 0.15) is 0 Å². The van der Waals surface area contributed by atoms with Gasteiger partial charge in [0.2, 0.25) is 10.0 Å². The molecular weight excluding hydrogens is 340 g/mol. The van der Waals surface area contributed by atoms with Gasteiger partial charge in [-0.1, -0.05) is 22.0 Å². The van der Waals surface area contributed by atoms with Gasteiger partial charge in [0.25, 0.3) is 0 Å². The zero-order valence-electron chi connectivity index (χ0n) is 11.7. The van der Waals surface area contributed by atoms with Crippen molar-refractivity contribution in [3.8, 4) is 0 Å². The molecule has 2 rings (SSSR count). The van der Waals surface area contributed by atoms with E-state index in [4.69, 9.17) is 5.73 Å². The molecule has 1 fully saturated rings. The van der Waals surface area contributed by atoms with Crippen molar-refractivity contribution in [2.45, 2.75) is 31.1 Å². The van der Waals surface area contributed by atoms with Crippen LogP contribution in [-0.2, 0) is 10.0 Å². The fourth-order valence-electron chi connectivity index (χ4n) is 2.66. The van der Waals surface area contributed by atoms with Gasteiger partial charge in [0.15, 0.2) is 0 Å².